The second-order valence-electron chi connectivity index (χ2n) is 2.30. The highest BCUT2D eigenvalue weighted by molar-refractivity contribution is 5.98. The number of nitrogens with one attached hydrogen (secondary N) is 2. The predicted octanol–water partition coefficient (Wildman–Crippen LogP) is -0.796. The zero-order valence-electron chi connectivity index (χ0n) is 7.70. The number of amides is 1. The van der Waals surface area contributed by atoms with Crippen LogP contribution in [0.15, 0.2) is 11.8 Å². The number of carboxylic acids is 1. The van der Waals surface area contributed by atoms with E-state index in [-0.39, 0.29) is 5.57 Å². The van der Waals surface area contributed by atoms with Crippen LogP contribution in [-0.4, -0.2) is 30.1 Å². The highest BCUT2D eigenvalue weighted by Gasteiger charge is 2.08. The highest BCUT2D eigenvalue weighted by Crippen LogP contribution is 1.89. The third kappa shape index (κ3) is 4.77. The number of carbonyl (C=O) groups excluding carboxylic acids is 1. The van der Waals surface area contributed by atoms with Crippen LogP contribution < -0.4 is 10.6 Å². The van der Waals surface area contributed by atoms with Crippen LogP contribution in [0, 0.1) is 11.3 Å². The summed E-state index contributed by atoms with van der Waals surface area (Å²) in [4.78, 5) is 21.2. The summed E-state index contributed by atoms with van der Waals surface area (Å²) >= 11 is 0. The smallest absolute Gasteiger partial charge is 0.322 e. The van der Waals surface area contributed by atoms with Crippen LogP contribution in [0.1, 0.15) is 6.92 Å². The maximum Gasteiger partial charge on any atom is 0.322 e. The maximum atomic E-state index is 11.1. The Morgan fingerprint density at radius 3 is 2.64 bits per heavy atom. The van der Waals surface area contributed by atoms with E-state index in [4.69, 9.17) is 10.4 Å². The minimum atomic E-state index is -1.15. The van der Waals surface area contributed by atoms with Crippen molar-refractivity contribution in [2.45, 2.75) is 6.92 Å². The Labute approximate surface area is 81.2 Å². The van der Waals surface area contributed by atoms with Crippen molar-refractivity contribution in [3.63, 3.8) is 0 Å². The molecule has 14 heavy (non-hydrogen) atoms. The van der Waals surface area contributed by atoms with Crippen molar-refractivity contribution in [1.29, 1.82) is 5.26 Å². The Bertz CT molecular complexity index is 291. The number of carbonyl (C=O) groups is 2. The molecule has 6 nitrogen and oxygen atoms in total. The van der Waals surface area contributed by atoms with E-state index in [1.807, 2.05) is 0 Å². The lowest BCUT2D eigenvalue weighted by Gasteiger charge is -2.00. The van der Waals surface area contributed by atoms with Crippen LogP contribution in [-0.2, 0) is 9.59 Å². The first-order chi connectivity index (χ1) is 6.61. The van der Waals surface area contributed by atoms with Gasteiger partial charge in [-0.05, 0) is 6.92 Å². The SMILES string of the molecule is CCN/C=C(/C#N)C(=O)NCC(=O)O. The Kier molecular flexibility index (Phi) is 5.54. The summed E-state index contributed by atoms with van der Waals surface area (Å²) in [6.07, 6.45) is 1.25. The van der Waals surface area contributed by atoms with Gasteiger partial charge in [0.1, 0.15) is 18.2 Å². The average molecular weight is 197 g/mol. The maximum absolute atomic E-state index is 11.1. The molecular formula is C8H11N3O3. The van der Waals surface area contributed by atoms with Gasteiger partial charge in [-0.15, -0.1) is 0 Å². The van der Waals surface area contributed by atoms with Crippen molar-refractivity contribution < 1.29 is 14.7 Å². The molecule has 0 spiro atoms. The second kappa shape index (κ2) is 6.48. The number of carboxylic acid groups (broad SMARTS) is 1. The molecule has 0 aliphatic rings. The van der Waals surface area contributed by atoms with Gasteiger partial charge in [-0.25, -0.2) is 0 Å². The van der Waals surface area contributed by atoms with Crippen LogP contribution in [0.2, 0.25) is 0 Å². The first-order valence-corrected chi connectivity index (χ1v) is 3.95. The summed E-state index contributed by atoms with van der Waals surface area (Å²) in [5.74, 6) is -1.85. The monoisotopic (exact) mass is 197 g/mol. The minimum absolute atomic E-state index is 0.145. The fraction of sp³-hybridized carbons (Fsp3) is 0.375. The number of nitriles is 1. The molecule has 0 saturated carbocycles. The molecule has 76 valence electrons. The molecule has 0 radical (unpaired) electrons. The second-order valence-corrected chi connectivity index (χ2v) is 2.30. The third-order valence-electron chi connectivity index (χ3n) is 1.22. The number of rotatable bonds is 5. The quantitative estimate of drug-likeness (QED) is 0.395. The van der Waals surface area contributed by atoms with Gasteiger partial charge in [-0.2, -0.15) is 5.26 Å². The third-order valence-corrected chi connectivity index (χ3v) is 1.22. The van der Waals surface area contributed by atoms with E-state index < -0.39 is 18.4 Å². The zero-order chi connectivity index (χ0) is 11.0. The topological polar surface area (TPSA) is 102 Å². The highest BCUT2D eigenvalue weighted by atomic mass is 16.4. The van der Waals surface area contributed by atoms with Gasteiger partial charge in [-0.3, -0.25) is 9.59 Å². The van der Waals surface area contributed by atoms with E-state index in [9.17, 15) is 9.59 Å². The fourth-order valence-electron chi connectivity index (χ4n) is 0.604. The Hall–Kier alpha value is -2.03. The summed E-state index contributed by atoms with van der Waals surface area (Å²) in [5, 5.41) is 21.5. The van der Waals surface area contributed by atoms with E-state index in [0.29, 0.717) is 6.54 Å². The molecule has 0 saturated heterocycles. The summed E-state index contributed by atoms with van der Waals surface area (Å²) in [7, 11) is 0. The normalized spacial score (nSPS) is 10.1. The molecule has 0 heterocycles. The number of hydrogen-bond acceptors (Lipinski definition) is 4. The van der Waals surface area contributed by atoms with Gasteiger partial charge in [0, 0.05) is 12.7 Å². The molecule has 6 heteroatoms. The summed E-state index contributed by atoms with van der Waals surface area (Å²) in [5.41, 5.74) is -0.145. The van der Waals surface area contributed by atoms with E-state index >= 15 is 0 Å². The van der Waals surface area contributed by atoms with E-state index in [2.05, 4.69) is 10.6 Å². The Balaban J connectivity index is 4.20. The molecule has 0 rings (SSSR count). The Morgan fingerprint density at radius 2 is 2.21 bits per heavy atom. The molecule has 1 amide bonds. The van der Waals surface area contributed by atoms with E-state index in [0.717, 1.165) is 0 Å². The van der Waals surface area contributed by atoms with Gasteiger partial charge in [0.05, 0.1) is 0 Å². The van der Waals surface area contributed by atoms with Crippen molar-refractivity contribution in [1.82, 2.24) is 10.6 Å². The van der Waals surface area contributed by atoms with Gasteiger partial charge < -0.3 is 15.7 Å². The van der Waals surface area contributed by atoms with Gasteiger partial charge in [0.25, 0.3) is 5.91 Å². The largest absolute Gasteiger partial charge is 0.480 e. The van der Waals surface area contributed by atoms with Crippen LogP contribution in [0.25, 0.3) is 0 Å². The zero-order valence-corrected chi connectivity index (χ0v) is 7.70. The molecule has 0 aliphatic carbocycles. The molecule has 0 atom stereocenters. The van der Waals surface area contributed by atoms with Crippen LogP contribution in [0.5, 0.6) is 0 Å². The van der Waals surface area contributed by atoms with Crippen LogP contribution in [0.4, 0.5) is 0 Å². The summed E-state index contributed by atoms with van der Waals surface area (Å²) < 4.78 is 0. The molecule has 0 aromatic carbocycles. The molecule has 3 N–H and O–H groups in total. The van der Waals surface area contributed by atoms with Crippen LogP contribution in [0.3, 0.4) is 0 Å². The first kappa shape index (κ1) is 12.0. The van der Waals surface area contributed by atoms with E-state index in [1.165, 1.54) is 6.20 Å². The van der Waals surface area contributed by atoms with Crippen molar-refractivity contribution in [3.05, 3.63) is 11.8 Å². The molecular weight excluding hydrogens is 186 g/mol. The lowest BCUT2D eigenvalue weighted by atomic mass is 10.3. The predicted molar refractivity (Wildman–Crippen MR) is 48.0 cm³/mol. The van der Waals surface area contributed by atoms with E-state index in [1.54, 1.807) is 13.0 Å². The van der Waals surface area contributed by atoms with Crippen LogP contribution >= 0.6 is 0 Å². The molecule has 0 fully saturated rings. The molecule has 0 aliphatic heterocycles. The standard InChI is InChI=1S/C8H11N3O3/c1-2-10-4-6(3-9)8(14)11-5-7(12)13/h4,10H,2,5H2,1H3,(H,11,14)(H,12,13)/b6-4-. The number of nitrogens with zero attached hydrogens (tertiary/aromatic N) is 1. The summed E-state index contributed by atoms with van der Waals surface area (Å²) in [6, 6.07) is 1.65. The van der Waals surface area contributed by atoms with Gasteiger partial charge in [0.2, 0.25) is 0 Å². The fourth-order valence-corrected chi connectivity index (χ4v) is 0.604. The van der Waals surface area contributed by atoms with Gasteiger partial charge in [0.15, 0.2) is 0 Å². The molecule has 0 aromatic heterocycles. The lowest BCUT2D eigenvalue weighted by Crippen LogP contribution is -2.30. The minimum Gasteiger partial charge on any atom is -0.480 e. The molecule has 0 bridgehead atoms. The average Bonchev–Trinajstić information content (AvgIpc) is 2.16. The van der Waals surface area contributed by atoms with Crippen molar-refractivity contribution in [2.75, 3.05) is 13.1 Å². The van der Waals surface area contributed by atoms with Crippen molar-refractivity contribution >= 4 is 11.9 Å². The lowest BCUT2D eigenvalue weighted by molar-refractivity contribution is -0.137. The van der Waals surface area contributed by atoms with Crippen molar-refractivity contribution in [3.8, 4) is 6.07 Å². The molecule has 0 unspecified atom stereocenters. The number of hydrogen-bond donors (Lipinski definition) is 3. The van der Waals surface area contributed by atoms with Gasteiger partial charge >= 0.3 is 5.97 Å². The first-order valence-electron chi connectivity index (χ1n) is 3.95. The van der Waals surface area contributed by atoms with Gasteiger partial charge in [-0.1, -0.05) is 0 Å². The Morgan fingerprint density at radius 1 is 1.57 bits per heavy atom. The number of aliphatic carboxylic acids is 1. The van der Waals surface area contributed by atoms with Crippen molar-refractivity contribution in [2.24, 2.45) is 0 Å². The summed E-state index contributed by atoms with van der Waals surface area (Å²) in [6.45, 7) is 1.89. The molecule has 0 aromatic rings.